The van der Waals surface area contributed by atoms with Gasteiger partial charge in [-0.2, -0.15) is 0 Å². The molecule has 116 valence electrons. The fourth-order valence-electron chi connectivity index (χ4n) is 2.07. The first-order valence-corrected chi connectivity index (χ1v) is 7.60. The van der Waals surface area contributed by atoms with Gasteiger partial charge in [0.15, 0.2) is 0 Å². The summed E-state index contributed by atoms with van der Waals surface area (Å²) in [7, 11) is 1.55. The van der Waals surface area contributed by atoms with Crippen molar-refractivity contribution in [2.24, 2.45) is 0 Å². The number of benzene rings is 1. The molecule has 0 spiro atoms. The van der Waals surface area contributed by atoms with Crippen molar-refractivity contribution >= 4 is 28.2 Å². The van der Waals surface area contributed by atoms with Crippen LogP contribution in [0.2, 0.25) is 0 Å². The molecule has 0 bridgehead atoms. The maximum Gasteiger partial charge on any atom is 0.254 e. The van der Waals surface area contributed by atoms with Gasteiger partial charge in [0.05, 0.1) is 12.0 Å². The number of nitrogens with one attached hydrogen (secondary N) is 2. The highest BCUT2D eigenvalue weighted by Crippen LogP contribution is 2.32. The summed E-state index contributed by atoms with van der Waals surface area (Å²) in [5.74, 6) is -0.799. The van der Waals surface area contributed by atoms with E-state index in [0.29, 0.717) is 16.1 Å². The standard InChI is InChI=1S/C16H17FN2O2S/c1-9-10(2)22-16(14(9)15(21)18-3)19-13(20)8-11-4-6-12(17)7-5-11/h4-7H,8H2,1-3H3,(H,18,21)(H,19,20). The molecule has 22 heavy (non-hydrogen) atoms. The number of amides is 2. The van der Waals surface area contributed by atoms with E-state index >= 15 is 0 Å². The van der Waals surface area contributed by atoms with E-state index in [2.05, 4.69) is 10.6 Å². The third kappa shape index (κ3) is 3.51. The predicted molar refractivity (Wildman–Crippen MR) is 85.9 cm³/mol. The Morgan fingerprint density at radius 3 is 2.41 bits per heavy atom. The van der Waals surface area contributed by atoms with Crippen LogP contribution in [0, 0.1) is 19.7 Å². The van der Waals surface area contributed by atoms with Crippen molar-refractivity contribution in [3.8, 4) is 0 Å². The third-order valence-electron chi connectivity index (χ3n) is 3.37. The molecule has 4 nitrogen and oxygen atoms in total. The Labute approximate surface area is 132 Å². The second-order valence-electron chi connectivity index (χ2n) is 4.92. The quantitative estimate of drug-likeness (QED) is 0.909. The average Bonchev–Trinajstić information content (AvgIpc) is 2.75. The molecule has 0 saturated heterocycles. The number of carbonyl (C=O) groups excluding carboxylic acids is 2. The molecule has 0 radical (unpaired) electrons. The first-order valence-electron chi connectivity index (χ1n) is 6.78. The molecule has 0 unspecified atom stereocenters. The van der Waals surface area contributed by atoms with E-state index in [1.807, 2.05) is 13.8 Å². The van der Waals surface area contributed by atoms with E-state index in [1.165, 1.54) is 23.5 Å². The van der Waals surface area contributed by atoms with Crippen LogP contribution < -0.4 is 10.6 Å². The lowest BCUT2D eigenvalue weighted by atomic mass is 10.1. The second kappa shape index (κ2) is 6.70. The number of rotatable bonds is 4. The summed E-state index contributed by atoms with van der Waals surface area (Å²) in [6.45, 7) is 3.76. The monoisotopic (exact) mass is 320 g/mol. The molecule has 0 saturated carbocycles. The molecular weight excluding hydrogens is 303 g/mol. The van der Waals surface area contributed by atoms with Gasteiger partial charge in [-0.1, -0.05) is 12.1 Å². The number of carbonyl (C=O) groups is 2. The average molecular weight is 320 g/mol. The molecule has 2 amide bonds. The van der Waals surface area contributed by atoms with Crippen molar-refractivity contribution in [1.29, 1.82) is 0 Å². The number of hydrogen-bond acceptors (Lipinski definition) is 3. The summed E-state index contributed by atoms with van der Waals surface area (Å²) in [6.07, 6.45) is 0.128. The molecule has 2 rings (SSSR count). The molecule has 0 fully saturated rings. The zero-order valence-electron chi connectivity index (χ0n) is 12.6. The van der Waals surface area contributed by atoms with Crippen molar-refractivity contribution in [3.05, 3.63) is 51.7 Å². The van der Waals surface area contributed by atoms with E-state index < -0.39 is 0 Å². The second-order valence-corrected chi connectivity index (χ2v) is 6.14. The molecule has 1 aromatic heterocycles. The van der Waals surface area contributed by atoms with Crippen molar-refractivity contribution in [3.63, 3.8) is 0 Å². The van der Waals surface area contributed by atoms with E-state index in [-0.39, 0.29) is 24.1 Å². The van der Waals surface area contributed by atoms with Gasteiger partial charge in [0, 0.05) is 11.9 Å². The summed E-state index contributed by atoms with van der Waals surface area (Å²) in [6, 6.07) is 5.77. The van der Waals surface area contributed by atoms with Crippen molar-refractivity contribution in [1.82, 2.24) is 5.32 Å². The molecule has 2 aromatic rings. The third-order valence-corrected chi connectivity index (χ3v) is 4.49. The van der Waals surface area contributed by atoms with Crippen molar-refractivity contribution in [2.45, 2.75) is 20.3 Å². The Kier molecular flexibility index (Phi) is 4.92. The summed E-state index contributed by atoms with van der Waals surface area (Å²) >= 11 is 1.37. The fourth-order valence-corrected chi connectivity index (χ4v) is 3.15. The Balaban J connectivity index is 2.16. The Hall–Kier alpha value is -2.21. The predicted octanol–water partition coefficient (Wildman–Crippen LogP) is 3.04. The van der Waals surface area contributed by atoms with Crippen LogP contribution in [-0.4, -0.2) is 18.9 Å². The molecule has 6 heteroatoms. The summed E-state index contributed by atoms with van der Waals surface area (Å²) in [4.78, 5) is 25.1. The zero-order chi connectivity index (χ0) is 16.3. The van der Waals surface area contributed by atoms with Crippen LogP contribution in [0.4, 0.5) is 9.39 Å². The SMILES string of the molecule is CNC(=O)c1c(NC(=O)Cc2ccc(F)cc2)sc(C)c1C. The number of halogens is 1. The maximum atomic E-state index is 12.9. The summed E-state index contributed by atoms with van der Waals surface area (Å²) < 4.78 is 12.9. The number of aryl methyl sites for hydroxylation is 1. The normalized spacial score (nSPS) is 10.4. The lowest BCUT2D eigenvalue weighted by Gasteiger charge is -2.07. The van der Waals surface area contributed by atoms with Crippen LogP contribution in [0.1, 0.15) is 26.4 Å². The minimum absolute atomic E-state index is 0.128. The highest BCUT2D eigenvalue weighted by molar-refractivity contribution is 7.16. The fraction of sp³-hybridized carbons (Fsp3) is 0.250. The van der Waals surface area contributed by atoms with Crippen LogP contribution in [0.5, 0.6) is 0 Å². The molecule has 0 aliphatic heterocycles. The molecule has 1 heterocycles. The van der Waals surface area contributed by atoms with Gasteiger partial charge in [-0.15, -0.1) is 11.3 Å². The Morgan fingerprint density at radius 2 is 1.82 bits per heavy atom. The van der Waals surface area contributed by atoms with Gasteiger partial charge in [0.2, 0.25) is 5.91 Å². The van der Waals surface area contributed by atoms with Gasteiger partial charge in [-0.05, 0) is 37.1 Å². The highest BCUT2D eigenvalue weighted by Gasteiger charge is 2.20. The minimum atomic E-state index is -0.337. The maximum absolute atomic E-state index is 12.9. The van der Waals surface area contributed by atoms with Crippen LogP contribution in [0.15, 0.2) is 24.3 Å². The smallest absolute Gasteiger partial charge is 0.254 e. The van der Waals surface area contributed by atoms with Gasteiger partial charge < -0.3 is 10.6 Å². The van der Waals surface area contributed by atoms with Crippen molar-refractivity contribution in [2.75, 3.05) is 12.4 Å². The van der Waals surface area contributed by atoms with E-state index in [4.69, 9.17) is 0 Å². The van der Waals surface area contributed by atoms with Gasteiger partial charge in [0.25, 0.3) is 5.91 Å². The van der Waals surface area contributed by atoms with E-state index in [0.717, 1.165) is 10.4 Å². The summed E-state index contributed by atoms with van der Waals surface area (Å²) in [5, 5.41) is 5.90. The minimum Gasteiger partial charge on any atom is -0.355 e. The van der Waals surface area contributed by atoms with Crippen molar-refractivity contribution < 1.29 is 14.0 Å². The molecule has 0 aliphatic rings. The van der Waals surface area contributed by atoms with E-state index in [9.17, 15) is 14.0 Å². The summed E-state index contributed by atoms with van der Waals surface area (Å²) in [5.41, 5.74) is 2.07. The largest absolute Gasteiger partial charge is 0.355 e. The van der Waals surface area contributed by atoms with Gasteiger partial charge >= 0.3 is 0 Å². The highest BCUT2D eigenvalue weighted by atomic mass is 32.1. The van der Waals surface area contributed by atoms with Gasteiger partial charge in [0.1, 0.15) is 10.8 Å². The number of anilines is 1. The topological polar surface area (TPSA) is 58.2 Å². The molecule has 1 aromatic carbocycles. The van der Waals surface area contributed by atoms with Gasteiger partial charge in [-0.25, -0.2) is 4.39 Å². The molecular formula is C16H17FN2O2S. The number of hydrogen-bond donors (Lipinski definition) is 2. The van der Waals surface area contributed by atoms with Crippen LogP contribution in [-0.2, 0) is 11.2 Å². The molecule has 2 N–H and O–H groups in total. The Bertz CT molecular complexity index is 708. The number of thiophene rings is 1. The zero-order valence-corrected chi connectivity index (χ0v) is 13.4. The first-order chi connectivity index (χ1) is 10.4. The lowest BCUT2D eigenvalue weighted by Crippen LogP contribution is -2.21. The first kappa shape index (κ1) is 16.2. The molecule has 0 aliphatic carbocycles. The van der Waals surface area contributed by atoms with Crippen LogP contribution in [0.3, 0.4) is 0 Å². The van der Waals surface area contributed by atoms with Crippen LogP contribution >= 0.6 is 11.3 Å². The van der Waals surface area contributed by atoms with Gasteiger partial charge in [-0.3, -0.25) is 9.59 Å². The molecule has 0 atom stereocenters. The lowest BCUT2D eigenvalue weighted by molar-refractivity contribution is -0.115. The van der Waals surface area contributed by atoms with E-state index in [1.54, 1.807) is 19.2 Å². The Morgan fingerprint density at radius 1 is 1.18 bits per heavy atom. The van der Waals surface area contributed by atoms with Crippen LogP contribution in [0.25, 0.3) is 0 Å².